The minimum absolute atomic E-state index is 0.216. The first-order valence-corrected chi connectivity index (χ1v) is 8.88. The van der Waals surface area contributed by atoms with Gasteiger partial charge in [0.05, 0.1) is 27.0 Å². The molecule has 0 spiro atoms. The standard InChI is InChI=1S/C20H28N2O4/c1-7-8-9-10-16-13(2)21-22(14(16)3)20(23)15-11-17(24-4)19(26-6)18(12-15)25-5/h11-12H,7-10H2,1-6H3. The molecule has 0 saturated heterocycles. The van der Waals surface area contributed by atoms with Gasteiger partial charge in [0, 0.05) is 11.3 Å². The lowest BCUT2D eigenvalue weighted by atomic mass is 10.1. The Labute approximate surface area is 155 Å². The van der Waals surface area contributed by atoms with E-state index in [1.54, 1.807) is 12.1 Å². The van der Waals surface area contributed by atoms with E-state index in [-0.39, 0.29) is 5.91 Å². The molecule has 1 aromatic heterocycles. The Balaban J connectivity index is 2.42. The van der Waals surface area contributed by atoms with Gasteiger partial charge in [-0.15, -0.1) is 0 Å². The van der Waals surface area contributed by atoms with Gasteiger partial charge in [0.2, 0.25) is 5.75 Å². The van der Waals surface area contributed by atoms with Crippen molar-refractivity contribution in [3.05, 3.63) is 34.6 Å². The van der Waals surface area contributed by atoms with E-state index in [0.717, 1.165) is 36.2 Å². The minimum atomic E-state index is -0.216. The van der Waals surface area contributed by atoms with E-state index in [2.05, 4.69) is 12.0 Å². The number of nitrogens with zero attached hydrogens (tertiary/aromatic N) is 2. The number of unbranched alkanes of at least 4 members (excludes halogenated alkanes) is 2. The molecular weight excluding hydrogens is 332 g/mol. The number of carbonyl (C=O) groups excluding carboxylic acids is 1. The summed E-state index contributed by atoms with van der Waals surface area (Å²) in [4.78, 5) is 13.0. The lowest BCUT2D eigenvalue weighted by Crippen LogP contribution is -2.16. The molecule has 2 rings (SSSR count). The predicted octanol–water partition coefficient (Wildman–Crippen LogP) is 3.95. The second-order valence-corrected chi connectivity index (χ2v) is 6.24. The molecule has 0 radical (unpaired) electrons. The zero-order valence-electron chi connectivity index (χ0n) is 16.5. The van der Waals surface area contributed by atoms with E-state index in [0.29, 0.717) is 22.8 Å². The van der Waals surface area contributed by atoms with Gasteiger partial charge < -0.3 is 14.2 Å². The molecule has 142 valence electrons. The molecule has 26 heavy (non-hydrogen) atoms. The van der Waals surface area contributed by atoms with E-state index in [9.17, 15) is 4.79 Å². The normalized spacial score (nSPS) is 10.7. The number of rotatable bonds is 8. The lowest BCUT2D eigenvalue weighted by Gasteiger charge is -2.14. The third-order valence-corrected chi connectivity index (χ3v) is 4.58. The van der Waals surface area contributed by atoms with Crippen molar-refractivity contribution in [3.8, 4) is 17.2 Å². The Bertz CT molecular complexity index is 755. The van der Waals surface area contributed by atoms with Crippen molar-refractivity contribution in [1.82, 2.24) is 9.78 Å². The molecule has 0 saturated carbocycles. The molecule has 6 nitrogen and oxygen atoms in total. The van der Waals surface area contributed by atoms with Crippen molar-refractivity contribution in [2.75, 3.05) is 21.3 Å². The van der Waals surface area contributed by atoms with Gasteiger partial charge in [-0.3, -0.25) is 4.79 Å². The van der Waals surface area contributed by atoms with E-state index < -0.39 is 0 Å². The van der Waals surface area contributed by atoms with Crippen molar-refractivity contribution in [2.45, 2.75) is 46.5 Å². The van der Waals surface area contributed by atoms with Crippen molar-refractivity contribution in [3.63, 3.8) is 0 Å². The summed E-state index contributed by atoms with van der Waals surface area (Å²) in [5.74, 6) is 1.13. The first-order valence-electron chi connectivity index (χ1n) is 8.88. The second-order valence-electron chi connectivity index (χ2n) is 6.24. The van der Waals surface area contributed by atoms with Crippen LogP contribution in [0.1, 0.15) is 53.5 Å². The molecule has 0 aliphatic heterocycles. The SMILES string of the molecule is CCCCCc1c(C)nn(C(=O)c2cc(OC)c(OC)c(OC)c2)c1C. The number of aryl methyl sites for hydroxylation is 1. The van der Waals surface area contributed by atoms with E-state index in [1.807, 2.05) is 13.8 Å². The highest BCUT2D eigenvalue weighted by Gasteiger charge is 2.21. The maximum atomic E-state index is 13.0. The number of carbonyl (C=O) groups is 1. The van der Waals surface area contributed by atoms with Gasteiger partial charge in [0.1, 0.15) is 0 Å². The lowest BCUT2D eigenvalue weighted by molar-refractivity contribution is 0.0941. The highest BCUT2D eigenvalue weighted by atomic mass is 16.5. The van der Waals surface area contributed by atoms with Gasteiger partial charge in [-0.2, -0.15) is 5.10 Å². The number of methoxy groups -OCH3 is 3. The minimum Gasteiger partial charge on any atom is -0.493 e. The Morgan fingerprint density at radius 3 is 2.15 bits per heavy atom. The van der Waals surface area contributed by atoms with Crippen molar-refractivity contribution >= 4 is 5.91 Å². The second kappa shape index (κ2) is 8.74. The summed E-state index contributed by atoms with van der Waals surface area (Å²) >= 11 is 0. The topological polar surface area (TPSA) is 62.6 Å². The fourth-order valence-corrected chi connectivity index (χ4v) is 3.11. The molecule has 6 heteroatoms. The fraction of sp³-hybridized carbons (Fsp3) is 0.500. The predicted molar refractivity (Wildman–Crippen MR) is 101 cm³/mol. The van der Waals surface area contributed by atoms with Crippen LogP contribution in [-0.4, -0.2) is 37.0 Å². The van der Waals surface area contributed by atoms with Crippen LogP contribution in [0.4, 0.5) is 0 Å². The van der Waals surface area contributed by atoms with E-state index >= 15 is 0 Å². The zero-order chi connectivity index (χ0) is 19.3. The number of ether oxygens (including phenoxy) is 3. The molecule has 0 fully saturated rings. The van der Waals surface area contributed by atoms with Crippen LogP contribution in [0.25, 0.3) is 0 Å². The third kappa shape index (κ3) is 3.84. The molecule has 0 atom stereocenters. The van der Waals surface area contributed by atoms with E-state index in [4.69, 9.17) is 14.2 Å². The summed E-state index contributed by atoms with van der Waals surface area (Å²) < 4.78 is 17.5. The van der Waals surface area contributed by atoms with Gasteiger partial charge in [0.15, 0.2) is 11.5 Å². The van der Waals surface area contributed by atoms with Crippen LogP contribution in [0, 0.1) is 13.8 Å². The molecule has 0 bridgehead atoms. The smallest absolute Gasteiger partial charge is 0.278 e. The number of hydrogen-bond acceptors (Lipinski definition) is 5. The van der Waals surface area contributed by atoms with Crippen LogP contribution < -0.4 is 14.2 Å². The summed E-state index contributed by atoms with van der Waals surface area (Å²) in [6, 6.07) is 3.30. The van der Waals surface area contributed by atoms with E-state index in [1.165, 1.54) is 32.4 Å². The van der Waals surface area contributed by atoms with Gasteiger partial charge in [-0.1, -0.05) is 19.8 Å². The number of aromatic nitrogens is 2. The summed E-state index contributed by atoms with van der Waals surface area (Å²) in [6.45, 7) is 6.07. The van der Waals surface area contributed by atoms with Crippen LogP contribution in [-0.2, 0) is 6.42 Å². The molecule has 0 N–H and O–H groups in total. The van der Waals surface area contributed by atoms with Gasteiger partial charge in [0.25, 0.3) is 5.91 Å². The zero-order valence-corrected chi connectivity index (χ0v) is 16.5. The summed E-state index contributed by atoms with van der Waals surface area (Å²) in [5, 5.41) is 4.47. The largest absolute Gasteiger partial charge is 0.493 e. The van der Waals surface area contributed by atoms with Crippen LogP contribution in [0.3, 0.4) is 0 Å². The fourth-order valence-electron chi connectivity index (χ4n) is 3.11. The summed E-state index contributed by atoms with van der Waals surface area (Å²) in [5.41, 5.74) is 3.38. The maximum Gasteiger partial charge on any atom is 0.278 e. The molecule has 2 aromatic rings. The molecule has 0 unspecified atom stereocenters. The molecule has 0 amide bonds. The van der Waals surface area contributed by atoms with Gasteiger partial charge >= 0.3 is 0 Å². The van der Waals surface area contributed by atoms with Crippen molar-refractivity contribution in [1.29, 1.82) is 0 Å². The van der Waals surface area contributed by atoms with Crippen molar-refractivity contribution in [2.24, 2.45) is 0 Å². The summed E-state index contributed by atoms with van der Waals surface area (Å²) in [7, 11) is 4.59. The maximum absolute atomic E-state index is 13.0. The highest BCUT2D eigenvalue weighted by molar-refractivity contribution is 5.97. The molecule has 0 aliphatic rings. The summed E-state index contributed by atoms with van der Waals surface area (Å²) in [6.07, 6.45) is 4.37. The molecule has 1 heterocycles. The Morgan fingerprint density at radius 1 is 1.04 bits per heavy atom. The van der Waals surface area contributed by atoms with Gasteiger partial charge in [-0.05, 0) is 44.4 Å². The van der Waals surface area contributed by atoms with Crippen LogP contribution in [0.5, 0.6) is 17.2 Å². The number of benzene rings is 1. The van der Waals surface area contributed by atoms with Crippen LogP contribution >= 0.6 is 0 Å². The van der Waals surface area contributed by atoms with Gasteiger partial charge in [-0.25, -0.2) is 4.68 Å². The average molecular weight is 360 g/mol. The Morgan fingerprint density at radius 2 is 1.65 bits per heavy atom. The van der Waals surface area contributed by atoms with Crippen LogP contribution in [0.2, 0.25) is 0 Å². The molecule has 1 aromatic carbocycles. The Hall–Kier alpha value is -2.50. The molecule has 0 aliphatic carbocycles. The third-order valence-electron chi connectivity index (χ3n) is 4.58. The van der Waals surface area contributed by atoms with Crippen LogP contribution in [0.15, 0.2) is 12.1 Å². The molecular formula is C20H28N2O4. The highest BCUT2D eigenvalue weighted by Crippen LogP contribution is 2.38. The quantitative estimate of drug-likeness (QED) is 0.667. The monoisotopic (exact) mass is 360 g/mol. The average Bonchev–Trinajstić information content (AvgIpc) is 2.94. The Kier molecular flexibility index (Phi) is 6.66. The first kappa shape index (κ1) is 19.8. The first-order chi connectivity index (χ1) is 12.5. The van der Waals surface area contributed by atoms with Crippen molar-refractivity contribution < 1.29 is 19.0 Å². The number of hydrogen-bond donors (Lipinski definition) is 0.